The topological polar surface area (TPSA) is 47.0 Å². The van der Waals surface area contributed by atoms with Crippen LogP contribution in [0.3, 0.4) is 0 Å². The second-order valence-electron chi connectivity index (χ2n) is 3.57. The second-order valence-corrected chi connectivity index (χ2v) is 7.28. The number of rotatable bonds is 3. The Kier molecular flexibility index (Phi) is 5.98. The summed E-state index contributed by atoms with van der Waals surface area (Å²) in [5.41, 5.74) is 0. The molecule has 1 aliphatic heterocycles. The molecule has 0 aromatic heterocycles. The first-order valence-corrected chi connectivity index (χ1v) is 8.19. The van der Waals surface area contributed by atoms with Crippen LogP contribution in [0.2, 0.25) is 0 Å². The number of likely N-dealkylation sites (N-methyl/N-ethyl adjacent to an activating group) is 1. The molecule has 1 rings (SSSR count). The molecule has 1 N–H and O–H groups in total. The van der Waals surface area contributed by atoms with Crippen molar-refractivity contribution in [1.82, 2.24) is 14.1 Å². The number of hydrogen-bond acceptors (Lipinski definition) is 3. The maximum atomic E-state index is 11.8. The summed E-state index contributed by atoms with van der Waals surface area (Å²) in [4.78, 5) is 15.2. The maximum absolute atomic E-state index is 11.8. The molecule has 5 nitrogen and oxygen atoms in total. The molecule has 0 bridgehead atoms. The fourth-order valence-corrected chi connectivity index (χ4v) is 2.94. The Balaban J connectivity index is 2.41. The molecule has 0 radical (unpaired) electrons. The van der Waals surface area contributed by atoms with Gasteiger partial charge < -0.3 is 14.9 Å². The van der Waals surface area contributed by atoms with Crippen LogP contribution in [-0.4, -0.2) is 71.6 Å². The van der Waals surface area contributed by atoms with Crippen LogP contribution in [-0.2, 0) is 19.9 Å². The lowest BCUT2D eigenvalue weighted by Crippen LogP contribution is -2.52. The van der Waals surface area contributed by atoms with Crippen molar-refractivity contribution >= 4 is 37.6 Å². The highest BCUT2D eigenvalue weighted by molar-refractivity contribution is 8.75. The van der Waals surface area contributed by atoms with Crippen LogP contribution in [0.4, 0.5) is 4.79 Å². The molecule has 1 heterocycles. The second kappa shape index (κ2) is 6.75. The van der Waals surface area contributed by atoms with Crippen molar-refractivity contribution in [2.75, 3.05) is 46.4 Å². The molecule has 1 atom stereocenters. The Bertz CT molecular complexity index is 269. The summed E-state index contributed by atoms with van der Waals surface area (Å²) in [7, 11) is 1.27. The van der Waals surface area contributed by atoms with E-state index in [9.17, 15) is 4.79 Å². The monoisotopic (exact) mass is 283 g/mol. The van der Waals surface area contributed by atoms with Gasteiger partial charge in [0.25, 0.3) is 0 Å². The summed E-state index contributed by atoms with van der Waals surface area (Å²) in [6.45, 7) is 3.26. The van der Waals surface area contributed by atoms with Gasteiger partial charge in [0.05, 0.1) is 6.61 Å². The Labute approximate surface area is 108 Å². The minimum Gasteiger partial charge on any atom is -0.395 e. The van der Waals surface area contributed by atoms with E-state index in [0.717, 1.165) is 13.1 Å². The van der Waals surface area contributed by atoms with Gasteiger partial charge in [0.15, 0.2) is 0 Å². The Morgan fingerprint density at radius 3 is 2.50 bits per heavy atom. The van der Waals surface area contributed by atoms with Crippen molar-refractivity contribution in [2.24, 2.45) is 0 Å². The fraction of sp³-hybridized carbons (Fsp3) is 0.875. The van der Waals surface area contributed by atoms with Gasteiger partial charge in [0.2, 0.25) is 0 Å². The third-order valence-corrected chi connectivity index (χ3v) is 4.62. The van der Waals surface area contributed by atoms with Crippen LogP contribution in [0.15, 0.2) is 0 Å². The number of aliphatic hydroxyl groups excluding tert-OH is 1. The van der Waals surface area contributed by atoms with Gasteiger partial charge in [-0.1, -0.05) is 11.7 Å². The Morgan fingerprint density at radius 2 is 2.06 bits per heavy atom. The summed E-state index contributed by atoms with van der Waals surface area (Å²) < 4.78 is 2.08. The molecule has 0 saturated carbocycles. The molecule has 1 fully saturated rings. The minimum atomic E-state index is -0.425. The number of aliphatic hydroxyl groups is 1. The van der Waals surface area contributed by atoms with E-state index in [1.54, 1.807) is 11.9 Å². The van der Waals surface area contributed by atoms with Gasteiger partial charge in [0.1, 0.15) is 0 Å². The maximum Gasteiger partial charge on any atom is 0.319 e. The minimum absolute atomic E-state index is 0.00549. The van der Waals surface area contributed by atoms with E-state index in [2.05, 4.69) is 16.0 Å². The molecule has 2 amide bonds. The number of carbonyl (C=O) groups excluding carboxylic acids is 1. The van der Waals surface area contributed by atoms with Crippen molar-refractivity contribution in [2.45, 2.75) is 0 Å². The van der Waals surface area contributed by atoms with Crippen LogP contribution in [0, 0.1) is 0 Å². The predicted octanol–water partition coefficient (Wildman–Crippen LogP) is -0.512. The summed E-state index contributed by atoms with van der Waals surface area (Å²) in [6.07, 6.45) is 0. The smallest absolute Gasteiger partial charge is 0.319 e. The van der Waals surface area contributed by atoms with Crippen molar-refractivity contribution < 1.29 is 9.90 Å². The first-order valence-electron chi connectivity index (χ1n) is 5.03. The number of amides is 2. The molecular formula is C8H17N3O2S3. The van der Waals surface area contributed by atoms with E-state index in [1.165, 1.54) is 4.90 Å². The van der Waals surface area contributed by atoms with Crippen LogP contribution in [0.5, 0.6) is 0 Å². The van der Waals surface area contributed by atoms with E-state index in [4.69, 9.17) is 16.3 Å². The fourth-order valence-electron chi connectivity index (χ4n) is 1.52. The summed E-state index contributed by atoms with van der Waals surface area (Å²) >= 11 is 9.29. The third-order valence-electron chi connectivity index (χ3n) is 2.49. The van der Waals surface area contributed by atoms with Crippen molar-refractivity contribution in [3.8, 4) is 0 Å². The van der Waals surface area contributed by atoms with Gasteiger partial charge in [0, 0.05) is 48.4 Å². The summed E-state index contributed by atoms with van der Waals surface area (Å²) in [6, 6.07) is -0.0304. The normalized spacial score (nSPS) is 19.6. The number of carbonyl (C=O) groups is 1. The highest BCUT2D eigenvalue weighted by Gasteiger charge is 2.23. The molecule has 1 saturated heterocycles. The number of piperazine rings is 1. The highest BCUT2D eigenvalue weighted by Crippen LogP contribution is 2.08. The molecule has 0 aliphatic carbocycles. The first-order chi connectivity index (χ1) is 7.56. The Hall–Kier alpha value is 0.110. The largest absolute Gasteiger partial charge is 0.395 e. The molecular weight excluding hydrogens is 266 g/mol. The lowest BCUT2D eigenvalue weighted by atomic mass is 10.4. The molecule has 94 valence electrons. The lowest BCUT2D eigenvalue weighted by molar-refractivity contribution is 0.136. The van der Waals surface area contributed by atoms with E-state index in [1.807, 2.05) is 0 Å². The zero-order chi connectivity index (χ0) is 12.1. The van der Waals surface area contributed by atoms with Crippen molar-refractivity contribution in [3.63, 3.8) is 0 Å². The van der Waals surface area contributed by atoms with Gasteiger partial charge >= 0.3 is 6.03 Å². The average Bonchev–Trinajstić information content (AvgIpc) is 2.28. The Morgan fingerprint density at radius 1 is 1.50 bits per heavy atom. The van der Waals surface area contributed by atoms with Gasteiger partial charge in [-0.15, -0.1) is 0 Å². The number of hydrogen-bond donors (Lipinski definition) is 2. The van der Waals surface area contributed by atoms with Crippen LogP contribution >= 0.6 is 11.7 Å². The zero-order valence-electron chi connectivity index (χ0n) is 9.20. The van der Waals surface area contributed by atoms with Gasteiger partial charge in [-0.25, -0.2) is 9.10 Å². The van der Waals surface area contributed by atoms with Crippen LogP contribution in [0.25, 0.3) is 0 Å². The number of nitrogens with zero attached hydrogens (tertiary/aromatic N) is 3. The number of urea groups is 1. The van der Waals surface area contributed by atoms with Gasteiger partial charge in [-0.05, 0) is 11.2 Å². The molecule has 0 spiro atoms. The highest BCUT2D eigenvalue weighted by atomic mass is 33.3. The molecule has 0 aromatic rings. The summed E-state index contributed by atoms with van der Waals surface area (Å²) in [5.74, 6) is 0. The quantitative estimate of drug-likeness (QED) is 0.541. The molecule has 0 aromatic carbocycles. The van der Waals surface area contributed by atoms with Crippen molar-refractivity contribution in [3.05, 3.63) is 0 Å². The van der Waals surface area contributed by atoms with Crippen molar-refractivity contribution in [1.29, 1.82) is 0 Å². The molecule has 1 unspecified atom stereocenters. The zero-order valence-corrected chi connectivity index (χ0v) is 11.7. The lowest BCUT2D eigenvalue weighted by Gasteiger charge is -2.35. The average molecular weight is 283 g/mol. The first kappa shape index (κ1) is 14.2. The standard InChI is InChI=1S/C8H17N3O2S3/c1-9(6-7-12)8(13)10-2-4-11(5-3-10)16(14)15/h12H,2-7H2,1H3,(H,14,15). The molecule has 16 heavy (non-hydrogen) atoms. The number of thiol groups is 1. The van der Waals surface area contributed by atoms with E-state index in [-0.39, 0.29) is 12.6 Å². The third kappa shape index (κ3) is 3.85. The van der Waals surface area contributed by atoms with E-state index >= 15 is 0 Å². The molecule has 1 aliphatic rings. The summed E-state index contributed by atoms with van der Waals surface area (Å²) in [5, 5.41) is 8.76. The molecule has 8 heteroatoms. The van der Waals surface area contributed by atoms with Crippen LogP contribution < -0.4 is 0 Å². The van der Waals surface area contributed by atoms with Gasteiger partial charge in [-0.2, -0.15) is 0 Å². The van der Waals surface area contributed by atoms with Crippen LogP contribution in [0.1, 0.15) is 0 Å². The van der Waals surface area contributed by atoms with E-state index in [0.29, 0.717) is 19.6 Å². The predicted molar refractivity (Wildman–Crippen MR) is 72.0 cm³/mol. The van der Waals surface area contributed by atoms with Gasteiger partial charge in [-0.3, -0.25) is 0 Å². The SMILES string of the molecule is CN(CCO)C(=O)N1CCN(S(=S)S)CC1. The van der Waals surface area contributed by atoms with E-state index < -0.39 is 8.67 Å².